The van der Waals surface area contributed by atoms with Crippen LogP contribution < -0.4 is 10.6 Å². The first-order valence-electron chi connectivity index (χ1n) is 11.2. The number of rotatable bonds is 5. The molecule has 1 aliphatic heterocycles. The molecule has 1 amide bonds. The third kappa shape index (κ3) is 4.90. The Morgan fingerprint density at radius 3 is 2.66 bits per heavy atom. The molecule has 8 heteroatoms. The highest BCUT2D eigenvalue weighted by atomic mass is 35.5. The summed E-state index contributed by atoms with van der Waals surface area (Å²) in [6, 6.07) is 14.4. The molecule has 0 radical (unpaired) electrons. The van der Waals surface area contributed by atoms with Crippen LogP contribution in [-0.2, 0) is 17.8 Å². The Hall–Kier alpha value is -4.10. The number of aliphatic imine (C=N–C) groups is 1. The number of Topliss-reactive ketones (excluding diaryl/α,β-unsaturated/α-hetero) is 1. The molecule has 3 aromatic rings. The highest BCUT2D eigenvalue weighted by molar-refractivity contribution is 6.30. The largest absolute Gasteiger partial charge is 0.348 e. The second kappa shape index (κ2) is 9.64. The molecular formula is C27H22ClN5O2. The predicted octanol–water partition coefficient (Wildman–Crippen LogP) is 4.92. The second-order valence-electron chi connectivity index (χ2n) is 8.39. The highest BCUT2D eigenvalue weighted by Crippen LogP contribution is 2.34. The van der Waals surface area contributed by atoms with Gasteiger partial charge in [-0.25, -0.2) is 9.97 Å². The standard InChI is InChI=1S/C27H22ClN5O2/c1-16-3-2-12-29-25-23(16)22(34)13-19-15-31-27(33-24(19)25)32-21-10-6-18(7-11-21)26(35)30-14-17-4-8-20(28)9-5-17/h2-12,15-16H,13-14H2,1H3,(H,30,35)(H,31,32,33). The summed E-state index contributed by atoms with van der Waals surface area (Å²) in [5.41, 5.74) is 4.96. The molecule has 2 aromatic carbocycles. The number of benzene rings is 2. The Morgan fingerprint density at radius 1 is 1.11 bits per heavy atom. The number of fused-ring (bicyclic) bond motifs is 2. The maximum Gasteiger partial charge on any atom is 0.251 e. The molecule has 35 heavy (non-hydrogen) atoms. The number of nitrogens with zero attached hydrogens (tertiary/aromatic N) is 3. The van der Waals surface area contributed by atoms with E-state index < -0.39 is 0 Å². The van der Waals surface area contributed by atoms with Gasteiger partial charge in [0.25, 0.3) is 5.91 Å². The highest BCUT2D eigenvalue weighted by Gasteiger charge is 2.30. The van der Waals surface area contributed by atoms with Gasteiger partial charge < -0.3 is 10.6 Å². The Labute approximate surface area is 207 Å². The van der Waals surface area contributed by atoms with Gasteiger partial charge >= 0.3 is 0 Å². The number of nitrogens with one attached hydrogen (secondary N) is 2. The van der Waals surface area contributed by atoms with E-state index in [1.807, 2.05) is 31.2 Å². The molecule has 1 aliphatic carbocycles. The minimum atomic E-state index is -0.172. The van der Waals surface area contributed by atoms with Crippen molar-refractivity contribution in [2.24, 2.45) is 10.9 Å². The quantitative estimate of drug-likeness (QED) is 0.537. The molecule has 0 fully saturated rings. The van der Waals surface area contributed by atoms with Crippen molar-refractivity contribution in [3.8, 4) is 0 Å². The van der Waals surface area contributed by atoms with Crippen LogP contribution >= 0.6 is 11.6 Å². The molecule has 1 aromatic heterocycles. The number of carbonyl (C=O) groups is 2. The van der Waals surface area contributed by atoms with Crippen LogP contribution in [0.1, 0.15) is 34.1 Å². The number of hydrogen-bond donors (Lipinski definition) is 2. The van der Waals surface area contributed by atoms with Crippen LogP contribution in [-0.4, -0.2) is 27.9 Å². The first-order chi connectivity index (χ1) is 17.0. The van der Waals surface area contributed by atoms with Gasteiger partial charge in [-0.05, 0) is 48.0 Å². The molecule has 1 atom stereocenters. The summed E-state index contributed by atoms with van der Waals surface area (Å²) in [6.07, 6.45) is 7.43. The van der Waals surface area contributed by atoms with E-state index in [9.17, 15) is 9.59 Å². The van der Waals surface area contributed by atoms with Crippen molar-refractivity contribution in [3.63, 3.8) is 0 Å². The topological polar surface area (TPSA) is 96.3 Å². The molecule has 5 rings (SSSR count). The third-order valence-electron chi connectivity index (χ3n) is 5.91. The molecule has 0 saturated heterocycles. The lowest BCUT2D eigenvalue weighted by Crippen LogP contribution is -2.22. The summed E-state index contributed by atoms with van der Waals surface area (Å²) in [5, 5.41) is 6.73. The zero-order valence-electron chi connectivity index (χ0n) is 19.0. The summed E-state index contributed by atoms with van der Waals surface area (Å²) in [7, 11) is 0. The summed E-state index contributed by atoms with van der Waals surface area (Å²) in [4.78, 5) is 38.7. The van der Waals surface area contributed by atoms with E-state index in [0.29, 0.717) is 40.0 Å². The van der Waals surface area contributed by atoms with E-state index in [4.69, 9.17) is 11.6 Å². The van der Waals surface area contributed by atoms with Crippen molar-refractivity contribution in [1.82, 2.24) is 15.3 Å². The van der Waals surface area contributed by atoms with Gasteiger partial charge in [-0.2, -0.15) is 0 Å². The lowest BCUT2D eigenvalue weighted by Gasteiger charge is -2.21. The average Bonchev–Trinajstić information content (AvgIpc) is 3.06. The molecule has 1 unspecified atom stereocenters. The fourth-order valence-electron chi connectivity index (χ4n) is 4.08. The van der Waals surface area contributed by atoms with Gasteiger partial charge in [0.05, 0.1) is 11.4 Å². The second-order valence-corrected chi connectivity index (χ2v) is 8.83. The third-order valence-corrected chi connectivity index (χ3v) is 6.16. The predicted molar refractivity (Wildman–Crippen MR) is 137 cm³/mol. The summed E-state index contributed by atoms with van der Waals surface area (Å²) in [5.74, 6) is 0.246. The van der Waals surface area contributed by atoms with E-state index in [1.165, 1.54) is 0 Å². The van der Waals surface area contributed by atoms with E-state index in [1.54, 1.807) is 48.8 Å². The van der Waals surface area contributed by atoms with Crippen LogP contribution in [0.2, 0.25) is 5.02 Å². The van der Waals surface area contributed by atoms with Crippen LogP contribution in [0, 0.1) is 5.92 Å². The molecule has 2 N–H and O–H groups in total. The molecule has 0 bridgehead atoms. The molecule has 2 aliphatic rings. The summed E-state index contributed by atoms with van der Waals surface area (Å²) >= 11 is 5.90. The Balaban J connectivity index is 1.30. The lowest BCUT2D eigenvalue weighted by atomic mass is 9.86. The van der Waals surface area contributed by atoms with Crippen LogP contribution in [0.4, 0.5) is 11.6 Å². The van der Waals surface area contributed by atoms with Crippen molar-refractivity contribution in [3.05, 3.63) is 99.9 Å². The van der Waals surface area contributed by atoms with Crippen molar-refractivity contribution >= 4 is 46.8 Å². The van der Waals surface area contributed by atoms with Gasteiger partial charge in [0.15, 0.2) is 5.78 Å². The summed E-state index contributed by atoms with van der Waals surface area (Å²) < 4.78 is 0. The van der Waals surface area contributed by atoms with E-state index >= 15 is 0 Å². The normalized spacial score (nSPS) is 16.4. The number of carbonyl (C=O) groups excluding carboxylic acids is 2. The molecule has 0 saturated carbocycles. The SMILES string of the molecule is CC1C=CC=NC2=C1C(=O)Cc1cnc(Nc3ccc(C(=O)NCc4ccc(Cl)cc4)cc3)nc12. The summed E-state index contributed by atoms with van der Waals surface area (Å²) in [6.45, 7) is 2.40. The maximum atomic E-state index is 12.7. The molecule has 7 nitrogen and oxygen atoms in total. The van der Waals surface area contributed by atoms with Gasteiger partial charge in [0, 0.05) is 58.7 Å². The number of allylic oxidation sites excluding steroid dienone is 3. The number of aromatic nitrogens is 2. The first-order valence-corrected chi connectivity index (χ1v) is 11.6. The number of anilines is 2. The number of hydrogen-bond acceptors (Lipinski definition) is 6. The zero-order chi connectivity index (χ0) is 24.4. The Kier molecular flexibility index (Phi) is 6.25. The minimum absolute atomic E-state index is 0.0297. The average molecular weight is 484 g/mol. The smallest absolute Gasteiger partial charge is 0.251 e. The van der Waals surface area contributed by atoms with Crippen molar-refractivity contribution in [2.75, 3.05) is 5.32 Å². The van der Waals surface area contributed by atoms with E-state index in [2.05, 4.69) is 25.6 Å². The van der Waals surface area contributed by atoms with Crippen molar-refractivity contribution in [2.45, 2.75) is 19.9 Å². The van der Waals surface area contributed by atoms with Crippen LogP contribution in [0.5, 0.6) is 0 Å². The van der Waals surface area contributed by atoms with Gasteiger partial charge in [-0.3, -0.25) is 14.6 Å². The minimum Gasteiger partial charge on any atom is -0.348 e. The first kappa shape index (κ1) is 22.7. The molecular weight excluding hydrogens is 462 g/mol. The van der Waals surface area contributed by atoms with Gasteiger partial charge in [0.2, 0.25) is 5.95 Å². The molecule has 2 heterocycles. The number of amides is 1. The monoisotopic (exact) mass is 483 g/mol. The van der Waals surface area contributed by atoms with Crippen LogP contribution in [0.15, 0.2) is 77.4 Å². The number of ketones is 1. The van der Waals surface area contributed by atoms with E-state index in [-0.39, 0.29) is 24.0 Å². The number of halogens is 1. The lowest BCUT2D eigenvalue weighted by molar-refractivity contribution is -0.115. The van der Waals surface area contributed by atoms with Crippen molar-refractivity contribution < 1.29 is 9.59 Å². The fourth-order valence-corrected chi connectivity index (χ4v) is 4.21. The van der Waals surface area contributed by atoms with Crippen molar-refractivity contribution in [1.29, 1.82) is 0 Å². The van der Waals surface area contributed by atoms with Crippen LogP contribution in [0.25, 0.3) is 5.70 Å². The Bertz CT molecular complexity index is 1390. The Morgan fingerprint density at radius 2 is 1.89 bits per heavy atom. The molecule has 174 valence electrons. The molecule has 0 spiro atoms. The van der Waals surface area contributed by atoms with Gasteiger partial charge in [-0.15, -0.1) is 0 Å². The van der Waals surface area contributed by atoms with Gasteiger partial charge in [-0.1, -0.05) is 36.7 Å². The zero-order valence-corrected chi connectivity index (χ0v) is 19.7. The maximum absolute atomic E-state index is 12.7. The van der Waals surface area contributed by atoms with E-state index in [0.717, 1.165) is 16.8 Å². The van der Waals surface area contributed by atoms with Crippen LogP contribution in [0.3, 0.4) is 0 Å². The van der Waals surface area contributed by atoms with Gasteiger partial charge in [0.1, 0.15) is 0 Å². The fraction of sp³-hybridized carbons (Fsp3) is 0.148.